The number of nitrogens with zero attached hydrogens (tertiary/aromatic N) is 4. The van der Waals surface area contributed by atoms with Gasteiger partial charge in [-0.3, -0.25) is 33.6 Å². The predicted octanol–water partition coefficient (Wildman–Crippen LogP) is -0.644. The van der Waals surface area contributed by atoms with Crippen LogP contribution in [0.5, 0.6) is 0 Å². The van der Waals surface area contributed by atoms with E-state index in [2.05, 4.69) is 4.98 Å². The third-order valence-electron chi connectivity index (χ3n) is 4.23. The first-order chi connectivity index (χ1) is 13.4. The molecule has 1 aliphatic heterocycles. The zero-order valence-corrected chi connectivity index (χ0v) is 17.5. The molecule has 2 heterocycles. The van der Waals surface area contributed by atoms with E-state index < -0.39 is 33.7 Å². The van der Waals surface area contributed by atoms with Crippen LogP contribution in [-0.2, 0) is 27.0 Å². The molecule has 0 saturated carbocycles. The minimum Gasteiger partial charge on any atom is -0.480 e. The Morgan fingerprint density at radius 1 is 0.862 bits per heavy atom. The summed E-state index contributed by atoms with van der Waals surface area (Å²) in [5.74, 6) is -1.06. The molecular weight excluding hydrogens is 426 g/mol. The number of hydrogen-bond donors (Lipinski definition) is 5. The summed E-state index contributed by atoms with van der Waals surface area (Å²) < 4.78 is 23.0. The van der Waals surface area contributed by atoms with Gasteiger partial charge in [0.25, 0.3) is 0 Å². The van der Waals surface area contributed by atoms with Gasteiger partial charge in [0, 0.05) is 39.3 Å². The van der Waals surface area contributed by atoms with Crippen LogP contribution in [0.15, 0.2) is 18.2 Å². The average Bonchev–Trinajstić information content (AvgIpc) is 2.53. The number of fused-ring (bicyclic) bond motifs is 2. The van der Waals surface area contributed by atoms with Crippen molar-refractivity contribution in [3.05, 3.63) is 29.6 Å². The second kappa shape index (κ2) is 10.2. The van der Waals surface area contributed by atoms with Gasteiger partial charge in [-0.2, -0.15) is 0 Å². The number of pyridine rings is 1. The Morgan fingerprint density at radius 2 is 1.28 bits per heavy atom. The van der Waals surface area contributed by atoms with Gasteiger partial charge in [-0.1, -0.05) is 6.07 Å². The van der Waals surface area contributed by atoms with E-state index in [1.165, 1.54) is 9.80 Å². The van der Waals surface area contributed by atoms with Gasteiger partial charge < -0.3 is 24.7 Å². The molecule has 0 fully saturated rings. The largest absolute Gasteiger partial charge is 0.480 e. The second-order valence-electron chi connectivity index (χ2n) is 7.01. The average molecular weight is 452 g/mol. The van der Waals surface area contributed by atoms with E-state index in [9.17, 15) is 33.5 Å². The minimum atomic E-state index is -4.32. The van der Waals surface area contributed by atoms with Crippen molar-refractivity contribution in [1.82, 2.24) is 19.7 Å². The first-order valence-electron chi connectivity index (χ1n) is 8.82. The molecule has 2 rings (SSSR count). The maximum absolute atomic E-state index is 11.5. The third kappa shape index (κ3) is 9.90. The van der Waals surface area contributed by atoms with E-state index in [1.54, 1.807) is 23.1 Å². The van der Waals surface area contributed by atoms with E-state index in [0.717, 1.165) is 0 Å². The number of rotatable bonds is 6. The first kappa shape index (κ1) is 24.1. The van der Waals surface area contributed by atoms with Crippen LogP contribution in [-0.4, -0.2) is 95.6 Å². The summed E-state index contributed by atoms with van der Waals surface area (Å²) in [4.78, 5) is 57.6. The fraction of sp³-hybridized carbons (Fsp3) is 0.600. The van der Waals surface area contributed by atoms with Gasteiger partial charge in [0.1, 0.15) is 12.6 Å². The highest BCUT2D eigenvalue weighted by Crippen LogP contribution is 2.36. The highest BCUT2D eigenvalue weighted by atomic mass is 31.2. The van der Waals surface area contributed by atoms with Crippen LogP contribution in [0.3, 0.4) is 0 Å². The lowest BCUT2D eigenvalue weighted by Gasteiger charge is -2.30. The SMILES string of the molecule is O=C(O)CN1CCN(CP(=O)(O)O)Cc2cccc(n2)CN(CP(=O)(O)O)CC1. The zero-order chi connectivity index (χ0) is 21.7. The van der Waals surface area contributed by atoms with Crippen LogP contribution in [0.4, 0.5) is 0 Å². The van der Waals surface area contributed by atoms with Crippen molar-refractivity contribution >= 4 is 21.2 Å². The molecule has 5 N–H and O–H groups in total. The van der Waals surface area contributed by atoms with Crippen LogP contribution >= 0.6 is 15.2 Å². The lowest BCUT2D eigenvalue weighted by Crippen LogP contribution is -2.42. The number of aliphatic carboxylic acids is 1. The third-order valence-corrected chi connectivity index (χ3v) is 5.76. The van der Waals surface area contributed by atoms with Gasteiger partial charge in [0.15, 0.2) is 0 Å². The molecule has 12 nitrogen and oxygen atoms in total. The quantitative estimate of drug-likeness (QED) is 0.346. The molecule has 14 heteroatoms. The van der Waals surface area contributed by atoms with Crippen molar-refractivity contribution in [2.45, 2.75) is 13.1 Å². The normalized spacial score (nSPS) is 18.8. The number of aromatic nitrogens is 1. The second-order valence-corrected chi connectivity index (χ2v) is 10.2. The number of hydrogen-bond acceptors (Lipinski definition) is 7. The fourth-order valence-electron chi connectivity index (χ4n) is 3.11. The van der Waals surface area contributed by atoms with Gasteiger partial charge >= 0.3 is 21.2 Å². The smallest absolute Gasteiger partial charge is 0.339 e. The molecule has 0 amide bonds. The summed E-state index contributed by atoms with van der Waals surface area (Å²) in [6.07, 6.45) is -0.964. The maximum Gasteiger partial charge on any atom is 0.339 e. The van der Waals surface area contributed by atoms with E-state index in [0.29, 0.717) is 11.4 Å². The molecule has 0 atom stereocenters. The summed E-state index contributed by atoms with van der Waals surface area (Å²) in [6, 6.07) is 5.13. The molecule has 0 spiro atoms. The van der Waals surface area contributed by atoms with Crippen LogP contribution in [0.1, 0.15) is 11.4 Å². The molecule has 0 radical (unpaired) electrons. The molecule has 0 saturated heterocycles. The Morgan fingerprint density at radius 3 is 1.66 bits per heavy atom. The van der Waals surface area contributed by atoms with Crippen LogP contribution in [0.25, 0.3) is 0 Å². The topological polar surface area (TPSA) is 175 Å². The molecular formula is C15H26N4O8P2. The molecule has 0 aliphatic carbocycles. The molecule has 2 bridgehead atoms. The zero-order valence-electron chi connectivity index (χ0n) is 15.7. The lowest BCUT2D eigenvalue weighted by atomic mass is 10.2. The first-order valence-corrected chi connectivity index (χ1v) is 12.4. The highest BCUT2D eigenvalue weighted by molar-refractivity contribution is 7.51. The molecule has 1 aromatic heterocycles. The summed E-state index contributed by atoms with van der Waals surface area (Å²) in [5.41, 5.74) is 1.11. The molecule has 0 unspecified atom stereocenters. The number of carboxylic acid groups (broad SMARTS) is 1. The predicted molar refractivity (Wildman–Crippen MR) is 103 cm³/mol. The Balaban J connectivity index is 2.29. The van der Waals surface area contributed by atoms with Gasteiger partial charge in [-0.05, 0) is 12.1 Å². The summed E-state index contributed by atoms with van der Waals surface area (Å²) in [6.45, 7) is 0.838. The van der Waals surface area contributed by atoms with E-state index >= 15 is 0 Å². The van der Waals surface area contributed by atoms with Crippen molar-refractivity contribution in [3.63, 3.8) is 0 Å². The van der Waals surface area contributed by atoms with Crippen molar-refractivity contribution in [2.24, 2.45) is 0 Å². The Bertz CT molecular complexity index is 745. The summed E-state index contributed by atoms with van der Waals surface area (Å²) in [5, 5.41) is 9.14. The van der Waals surface area contributed by atoms with Crippen molar-refractivity contribution in [3.8, 4) is 0 Å². The Hall–Kier alpha value is -1.20. The van der Waals surface area contributed by atoms with Crippen molar-refractivity contribution in [2.75, 3.05) is 45.3 Å². The minimum absolute atomic E-state index is 0.151. The summed E-state index contributed by atoms with van der Waals surface area (Å²) in [7, 11) is -8.65. The van der Waals surface area contributed by atoms with Gasteiger partial charge in [0.2, 0.25) is 0 Å². The Kier molecular flexibility index (Phi) is 8.48. The van der Waals surface area contributed by atoms with E-state index in [1.807, 2.05) is 0 Å². The monoisotopic (exact) mass is 452 g/mol. The maximum atomic E-state index is 11.5. The van der Waals surface area contributed by atoms with Crippen LogP contribution < -0.4 is 0 Å². The van der Waals surface area contributed by atoms with Gasteiger partial charge in [0.05, 0.1) is 17.9 Å². The molecule has 0 aromatic carbocycles. The van der Waals surface area contributed by atoms with Crippen LogP contribution in [0, 0.1) is 0 Å². The lowest BCUT2D eigenvalue weighted by molar-refractivity contribution is -0.138. The van der Waals surface area contributed by atoms with Crippen molar-refractivity contribution < 1.29 is 38.6 Å². The van der Waals surface area contributed by atoms with E-state index in [4.69, 9.17) is 5.11 Å². The van der Waals surface area contributed by atoms with Gasteiger partial charge in [-0.25, -0.2) is 0 Å². The van der Waals surface area contributed by atoms with Crippen LogP contribution in [0.2, 0.25) is 0 Å². The molecule has 29 heavy (non-hydrogen) atoms. The Labute approximate surface area is 168 Å². The highest BCUT2D eigenvalue weighted by Gasteiger charge is 2.24. The standard InChI is InChI=1S/C15H26N4O8P2/c20-15(21)10-17-4-6-18(11-28(22,23)24)8-13-2-1-3-14(16-13)9-19(7-5-17)12-29(25,26)27/h1-3H,4-12H2,(H,20,21)(H2,22,23,24)(H2,25,26,27). The number of carbonyl (C=O) groups is 1. The fourth-order valence-corrected chi connectivity index (χ4v) is 4.64. The summed E-state index contributed by atoms with van der Waals surface area (Å²) >= 11 is 0. The van der Waals surface area contributed by atoms with E-state index in [-0.39, 0.29) is 45.8 Å². The number of carboxylic acids is 1. The molecule has 1 aromatic rings. The van der Waals surface area contributed by atoms with Crippen molar-refractivity contribution in [1.29, 1.82) is 0 Å². The van der Waals surface area contributed by atoms with Gasteiger partial charge in [-0.15, -0.1) is 0 Å². The molecule has 164 valence electrons. The molecule has 1 aliphatic rings.